The van der Waals surface area contributed by atoms with Crippen molar-refractivity contribution >= 4 is 45.3 Å². The predicted octanol–water partition coefficient (Wildman–Crippen LogP) is 4.35. The number of anilines is 1. The van der Waals surface area contributed by atoms with Crippen molar-refractivity contribution in [2.75, 3.05) is 19.0 Å². The fourth-order valence-corrected chi connectivity index (χ4v) is 4.15. The SMILES string of the molecule is COCCn1c(SC(C)C(=O)Nc2cccc3ncccc23)nc2ccccc21. The van der Waals surface area contributed by atoms with E-state index in [1.54, 1.807) is 13.3 Å². The van der Waals surface area contributed by atoms with Crippen LogP contribution in [-0.2, 0) is 16.1 Å². The highest BCUT2D eigenvalue weighted by Crippen LogP contribution is 2.29. The van der Waals surface area contributed by atoms with Gasteiger partial charge in [-0.3, -0.25) is 9.78 Å². The number of rotatable bonds is 7. The summed E-state index contributed by atoms with van der Waals surface area (Å²) in [5, 5.41) is 4.46. The van der Waals surface area contributed by atoms with Crippen molar-refractivity contribution in [1.82, 2.24) is 14.5 Å². The van der Waals surface area contributed by atoms with Crippen LogP contribution in [0.4, 0.5) is 5.69 Å². The van der Waals surface area contributed by atoms with E-state index in [0.717, 1.165) is 32.8 Å². The number of aromatic nitrogens is 3. The van der Waals surface area contributed by atoms with Crippen molar-refractivity contribution in [3.05, 3.63) is 60.8 Å². The Morgan fingerprint density at radius 1 is 1.14 bits per heavy atom. The van der Waals surface area contributed by atoms with Crippen LogP contribution in [0.2, 0.25) is 0 Å². The number of amides is 1. The minimum atomic E-state index is -0.319. The van der Waals surface area contributed by atoms with Gasteiger partial charge in [-0.25, -0.2) is 4.98 Å². The van der Waals surface area contributed by atoms with E-state index in [2.05, 4.69) is 14.9 Å². The van der Waals surface area contributed by atoms with E-state index in [1.807, 2.05) is 61.5 Å². The Labute approximate surface area is 173 Å². The molecule has 7 heteroatoms. The first kappa shape index (κ1) is 19.4. The van der Waals surface area contributed by atoms with Gasteiger partial charge in [0, 0.05) is 25.2 Å². The lowest BCUT2D eigenvalue weighted by molar-refractivity contribution is -0.115. The molecule has 6 nitrogen and oxygen atoms in total. The van der Waals surface area contributed by atoms with Crippen LogP contribution in [0.25, 0.3) is 21.9 Å². The highest BCUT2D eigenvalue weighted by atomic mass is 32.2. The number of hydrogen-bond acceptors (Lipinski definition) is 5. The van der Waals surface area contributed by atoms with Crippen LogP contribution in [0, 0.1) is 0 Å². The quantitative estimate of drug-likeness (QED) is 0.462. The highest BCUT2D eigenvalue weighted by molar-refractivity contribution is 8.00. The lowest BCUT2D eigenvalue weighted by Crippen LogP contribution is -2.23. The van der Waals surface area contributed by atoms with E-state index >= 15 is 0 Å². The molecular formula is C22H22N4O2S. The van der Waals surface area contributed by atoms with E-state index < -0.39 is 0 Å². The number of fused-ring (bicyclic) bond motifs is 2. The van der Waals surface area contributed by atoms with Crippen LogP contribution in [0.5, 0.6) is 0 Å². The number of nitrogens with zero attached hydrogens (tertiary/aromatic N) is 3. The highest BCUT2D eigenvalue weighted by Gasteiger charge is 2.20. The topological polar surface area (TPSA) is 69.0 Å². The van der Waals surface area contributed by atoms with Gasteiger partial charge in [0.15, 0.2) is 5.16 Å². The number of ether oxygens (including phenoxy) is 1. The summed E-state index contributed by atoms with van der Waals surface area (Å²) in [6.07, 6.45) is 1.75. The molecule has 29 heavy (non-hydrogen) atoms. The first-order chi connectivity index (χ1) is 14.2. The number of imidazole rings is 1. The predicted molar refractivity (Wildman–Crippen MR) is 117 cm³/mol. The first-order valence-electron chi connectivity index (χ1n) is 9.43. The number of benzene rings is 2. The summed E-state index contributed by atoms with van der Waals surface area (Å²) in [6.45, 7) is 3.16. The van der Waals surface area contributed by atoms with Gasteiger partial charge in [-0.15, -0.1) is 0 Å². The third-order valence-electron chi connectivity index (χ3n) is 4.69. The van der Waals surface area contributed by atoms with E-state index in [1.165, 1.54) is 11.8 Å². The Balaban J connectivity index is 1.56. The Hall–Kier alpha value is -2.90. The summed E-state index contributed by atoms with van der Waals surface area (Å²) in [4.78, 5) is 22.0. The summed E-state index contributed by atoms with van der Waals surface area (Å²) in [7, 11) is 1.68. The molecule has 4 aromatic rings. The van der Waals surface area contributed by atoms with Crippen molar-refractivity contribution in [1.29, 1.82) is 0 Å². The number of pyridine rings is 1. The van der Waals surface area contributed by atoms with Crippen LogP contribution >= 0.6 is 11.8 Å². The average molecular weight is 407 g/mol. The molecule has 0 fully saturated rings. The van der Waals surface area contributed by atoms with Crippen molar-refractivity contribution < 1.29 is 9.53 Å². The summed E-state index contributed by atoms with van der Waals surface area (Å²) in [6, 6.07) is 17.5. The molecule has 0 saturated carbocycles. The maximum absolute atomic E-state index is 12.9. The number of carbonyl (C=O) groups excluding carboxylic acids is 1. The normalized spacial score (nSPS) is 12.3. The fourth-order valence-electron chi connectivity index (χ4n) is 3.20. The second kappa shape index (κ2) is 8.63. The number of methoxy groups -OCH3 is 1. The molecule has 0 saturated heterocycles. The number of para-hydroxylation sites is 2. The molecule has 0 aliphatic rings. The van der Waals surface area contributed by atoms with Crippen LogP contribution in [0.1, 0.15) is 6.92 Å². The summed E-state index contributed by atoms with van der Waals surface area (Å²) < 4.78 is 7.35. The van der Waals surface area contributed by atoms with E-state index in [9.17, 15) is 4.79 Å². The maximum atomic E-state index is 12.9. The van der Waals surface area contributed by atoms with Gasteiger partial charge in [-0.1, -0.05) is 30.0 Å². The second-order valence-electron chi connectivity index (χ2n) is 6.65. The van der Waals surface area contributed by atoms with Gasteiger partial charge in [0.2, 0.25) is 5.91 Å². The van der Waals surface area contributed by atoms with Crippen LogP contribution < -0.4 is 5.32 Å². The van der Waals surface area contributed by atoms with Crippen molar-refractivity contribution in [2.45, 2.75) is 23.9 Å². The van der Waals surface area contributed by atoms with E-state index in [4.69, 9.17) is 9.72 Å². The third-order valence-corrected chi connectivity index (χ3v) is 5.78. The molecule has 2 aromatic heterocycles. The minimum Gasteiger partial charge on any atom is -0.383 e. The van der Waals surface area contributed by atoms with Crippen molar-refractivity contribution in [3.8, 4) is 0 Å². The maximum Gasteiger partial charge on any atom is 0.237 e. The molecule has 1 amide bonds. The molecule has 0 radical (unpaired) electrons. The number of nitrogens with one attached hydrogen (secondary N) is 1. The molecule has 4 rings (SSSR count). The van der Waals surface area contributed by atoms with Gasteiger partial charge < -0.3 is 14.6 Å². The number of thioether (sulfide) groups is 1. The molecule has 0 aliphatic heterocycles. The number of hydrogen-bond donors (Lipinski definition) is 1. The molecule has 2 aromatic carbocycles. The van der Waals surface area contributed by atoms with Crippen molar-refractivity contribution in [3.63, 3.8) is 0 Å². The van der Waals surface area contributed by atoms with Crippen molar-refractivity contribution in [2.24, 2.45) is 0 Å². The first-order valence-corrected chi connectivity index (χ1v) is 10.3. The van der Waals surface area contributed by atoms with E-state index in [0.29, 0.717) is 13.2 Å². The van der Waals surface area contributed by atoms with Gasteiger partial charge in [-0.05, 0) is 43.3 Å². The molecule has 0 bridgehead atoms. The Bertz CT molecular complexity index is 1150. The standard InChI is InChI=1S/C22H22N4O2S/c1-15(21(27)24-18-10-5-9-17-16(18)7-6-12-23-17)29-22-25-19-8-3-4-11-20(19)26(22)13-14-28-2/h3-12,15H,13-14H2,1-2H3,(H,24,27). The zero-order valence-electron chi connectivity index (χ0n) is 16.3. The Morgan fingerprint density at radius 2 is 1.97 bits per heavy atom. The monoisotopic (exact) mass is 406 g/mol. The lowest BCUT2D eigenvalue weighted by atomic mass is 10.2. The fraction of sp³-hybridized carbons (Fsp3) is 0.227. The van der Waals surface area contributed by atoms with Gasteiger partial charge >= 0.3 is 0 Å². The van der Waals surface area contributed by atoms with Gasteiger partial charge in [0.25, 0.3) is 0 Å². The van der Waals surface area contributed by atoms with Crippen LogP contribution in [0.15, 0.2) is 66.0 Å². The Kier molecular flexibility index (Phi) is 5.78. The lowest BCUT2D eigenvalue weighted by Gasteiger charge is -2.14. The van der Waals surface area contributed by atoms with Gasteiger partial charge in [-0.2, -0.15) is 0 Å². The second-order valence-corrected chi connectivity index (χ2v) is 7.96. The van der Waals surface area contributed by atoms with Gasteiger partial charge in [0.1, 0.15) is 0 Å². The molecule has 1 atom stereocenters. The van der Waals surface area contributed by atoms with Crippen LogP contribution in [-0.4, -0.2) is 39.4 Å². The zero-order valence-corrected chi connectivity index (χ0v) is 17.1. The molecule has 148 valence electrons. The molecule has 0 spiro atoms. The largest absolute Gasteiger partial charge is 0.383 e. The third kappa shape index (κ3) is 4.11. The van der Waals surface area contributed by atoms with Gasteiger partial charge in [0.05, 0.1) is 34.1 Å². The summed E-state index contributed by atoms with van der Waals surface area (Å²) in [5.41, 5.74) is 3.58. The molecular weight excluding hydrogens is 384 g/mol. The molecule has 0 aliphatic carbocycles. The Morgan fingerprint density at radius 3 is 2.83 bits per heavy atom. The van der Waals surface area contributed by atoms with E-state index in [-0.39, 0.29) is 11.2 Å². The summed E-state index contributed by atoms with van der Waals surface area (Å²) in [5.74, 6) is -0.0725. The molecule has 2 heterocycles. The average Bonchev–Trinajstić information content (AvgIpc) is 3.09. The molecule has 1 N–H and O–H groups in total. The zero-order chi connectivity index (χ0) is 20.2. The minimum absolute atomic E-state index is 0.0725. The smallest absolute Gasteiger partial charge is 0.237 e. The summed E-state index contributed by atoms with van der Waals surface area (Å²) >= 11 is 1.45. The molecule has 1 unspecified atom stereocenters. The number of carbonyl (C=O) groups is 1. The van der Waals surface area contributed by atoms with Crippen LogP contribution in [0.3, 0.4) is 0 Å².